The molecule has 110 heavy (non-hydrogen) atoms. The van der Waals surface area contributed by atoms with Crippen molar-refractivity contribution in [3.8, 4) is 168 Å². The normalized spacial score (nSPS) is 11.5. The number of hydrogen-bond acceptors (Lipinski definition) is 8. The Hall–Kier alpha value is -14.0. The van der Waals surface area contributed by atoms with Gasteiger partial charge in [0.25, 0.3) is 0 Å². The molecule has 4 aromatic heterocycles. The zero-order chi connectivity index (χ0) is 72.9. The first-order valence-electron chi connectivity index (χ1n) is 36.9. The molecule has 0 spiro atoms. The van der Waals surface area contributed by atoms with Crippen LogP contribution in [0.15, 0.2) is 388 Å². The van der Waals surface area contributed by atoms with Gasteiger partial charge in [-0.25, -0.2) is 29.9 Å². The van der Waals surface area contributed by atoms with Crippen molar-refractivity contribution in [1.29, 1.82) is 0 Å². The van der Waals surface area contributed by atoms with Crippen molar-refractivity contribution in [1.82, 2.24) is 29.9 Å². The molecule has 6 nitrogen and oxygen atoms in total. The third kappa shape index (κ3) is 12.8. The van der Waals surface area contributed by atoms with Gasteiger partial charge in [0.2, 0.25) is 0 Å². The van der Waals surface area contributed by atoms with Crippen LogP contribution in [0.2, 0.25) is 0 Å². The van der Waals surface area contributed by atoms with E-state index < -0.39 is 0 Å². The molecule has 0 fully saturated rings. The summed E-state index contributed by atoms with van der Waals surface area (Å²) in [5.74, 6) is 3.42. The highest BCUT2D eigenvalue weighted by Gasteiger charge is 2.23. The SMILES string of the molecule is c1ccc(-c2ccc(-c3cccc(-c4nc(-c5cccc(-c6cc(-c7nc(-c8ccccc8)nc(-c8cccc(-c9cccc(-c%10ccccc%10)c9)c8)n7)c7c(c6)sc6ccc(-c8cccc(-c9ccccc9)c8)cc67)c5)nc(-c5cccc6sc7ccc(-c8cccc(-c9ccccc9)c8)cc7c56)n4)c3)cc2)cc1. The number of thiophene rings is 2. The highest BCUT2D eigenvalue weighted by Crippen LogP contribution is 2.47. The van der Waals surface area contributed by atoms with Crippen LogP contribution in [-0.4, -0.2) is 29.9 Å². The number of aromatic nitrogens is 6. The van der Waals surface area contributed by atoms with E-state index in [1.165, 1.54) is 27.0 Å². The van der Waals surface area contributed by atoms with Crippen LogP contribution in [0.4, 0.5) is 0 Å². The largest absolute Gasteiger partial charge is 0.208 e. The first-order valence-corrected chi connectivity index (χ1v) is 38.6. The summed E-state index contributed by atoms with van der Waals surface area (Å²) in [7, 11) is 0. The lowest BCUT2D eigenvalue weighted by Gasteiger charge is -2.13. The van der Waals surface area contributed by atoms with E-state index in [1.54, 1.807) is 22.7 Å². The average Bonchev–Trinajstić information content (AvgIpc) is 1.60. The van der Waals surface area contributed by atoms with Crippen LogP contribution < -0.4 is 0 Å². The summed E-state index contributed by atoms with van der Waals surface area (Å²) in [6.45, 7) is 0. The zero-order valence-electron chi connectivity index (χ0n) is 59.5. The number of rotatable bonds is 15. The number of nitrogens with zero attached hydrogens (tertiary/aromatic N) is 6. The molecule has 8 heteroatoms. The van der Waals surface area contributed by atoms with Crippen LogP contribution in [0, 0.1) is 0 Å². The van der Waals surface area contributed by atoms with Crippen molar-refractivity contribution in [3.05, 3.63) is 388 Å². The quantitative estimate of drug-likeness (QED) is 0.102. The second-order valence-electron chi connectivity index (χ2n) is 27.7. The summed E-state index contributed by atoms with van der Waals surface area (Å²) >= 11 is 3.57. The third-order valence-electron chi connectivity index (χ3n) is 20.8. The molecule has 0 amide bonds. The van der Waals surface area contributed by atoms with E-state index in [1.807, 2.05) is 18.2 Å². The van der Waals surface area contributed by atoms with E-state index in [4.69, 9.17) is 29.9 Å². The number of benzene rings is 16. The molecule has 4 heterocycles. The lowest BCUT2D eigenvalue weighted by atomic mass is 9.95. The maximum absolute atomic E-state index is 5.61. The van der Waals surface area contributed by atoms with Crippen LogP contribution in [0.25, 0.3) is 209 Å². The summed E-state index contributed by atoms with van der Waals surface area (Å²) in [5.41, 5.74) is 25.4. The standard InChI is InChI=1S/C102H64N6S2/c1-6-23-65(24-7-1)69-47-49-70(50-48-69)75-36-19-42-83(58-75)99-104-100(107-101(106-99)87-45-22-46-93-95(87)88-61-81(51-53-91(88)109-93)77-38-17-34-73(56-77)67-27-10-3-11-28-67)85-44-21-41-80(60-85)86-63-90(96-89-62-82(52-54-92(89)110-94(96)64-86)78-39-18-35-74(57-78)68-29-12-4-13-30-68)102-105-97(71-31-14-5-15-32-71)103-98(108-102)84-43-20-40-79(59-84)76-37-16-33-72(55-76)66-25-8-2-9-26-66/h1-64H. The minimum atomic E-state index is 0.551. The monoisotopic (exact) mass is 1440 g/mol. The predicted octanol–water partition coefficient (Wildman–Crippen LogP) is 27.8. The van der Waals surface area contributed by atoms with Gasteiger partial charge < -0.3 is 0 Å². The maximum atomic E-state index is 5.61. The summed E-state index contributed by atoms with van der Waals surface area (Å²) in [5, 5.41) is 4.44. The highest BCUT2D eigenvalue weighted by molar-refractivity contribution is 7.26. The van der Waals surface area contributed by atoms with Crippen molar-refractivity contribution >= 4 is 63.0 Å². The molecule has 20 rings (SSSR count). The van der Waals surface area contributed by atoms with Gasteiger partial charge in [0.05, 0.1) is 0 Å². The lowest BCUT2D eigenvalue weighted by Crippen LogP contribution is -2.01. The van der Waals surface area contributed by atoms with E-state index >= 15 is 0 Å². The van der Waals surface area contributed by atoms with Crippen LogP contribution in [-0.2, 0) is 0 Å². The molecular weight excluding hydrogens is 1370 g/mol. The van der Waals surface area contributed by atoms with Gasteiger partial charge in [0.1, 0.15) is 0 Å². The second-order valence-corrected chi connectivity index (χ2v) is 29.9. The van der Waals surface area contributed by atoms with Crippen molar-refractivity contribution in [2.75, 3.05) is 0 Å². The van der Waals surface area contributed by atoms with Crippen molar-refractivity contribution in [3.63, 3.8) is 0 Å². The molecular formula is C102H64N6S2. The fourth-order valence-electron chi connectivity index (χ4n) is 15.2. The minimum absolute atomic E-state index is 0.551. The predicted molar refractivity (Wildman–Crippen MR) is 461 cm³/mol. The fourth-order valence-corrected chi connectivity index (χ4v) is 17.5. The van der Waals surface area contributed by atoms with Gasteiger partial charge in [-0.05, 0) is 179 Å². The molecule has 0 radical (unpaired) electrons. The van der Waals surface area contributed by atoms with Crippen molar-refractivity contribution in [2.24, 2.45) is 0 Å². The molecule has 0 saturated carbocycles. The van der Waals surface area contributed by atoms with E-state index in [0.29, 0.717) is 34.9 Å². The van der Waals surface area contributed by atoms with Gasteiger partial charge in [0, 0.05) is 73.7 Å². The Kier molecular flexibility index (Phi) is 16.9. The molecule has 0 bridgehead atoms. The minimum Gasteiger partial charge on any atom is -0.208 e. The van der Waals surface area contributed by atoms with Crippen molar-refractivity contribution < 1.29 is 0 Å². The van der Waals surface area contributed by atoms with E-state index in [-0.39, 0.29) is 0 Å². The van der Waals surface area contributed by atoms with Crippen LogP contribution >= 0.6 is 22.7 Å². The Morgan fingerprint density at radius 1 is 0.136 bits per heavy atom. The Balaban J connectivity index is 0.758. The van der Waals surface area contributed by atoms with Gasteiger partial charge in [-0.2, -0.15) is 0 Å². The Labute approximate surface area is 645 Å². The molecule has 0 unspecified atom stereocenters. The zero-order valence-corrected chi connectivity index (χ0v) is 61.1. The second kappa shape index (κ2) is 28.4. The van der Waals surface area contributed by atoms with Crippen LogP contribution in [0.1, 0.15) is 0 Å². The van der Waals surface area contributed by atoms with Crippen molar-refractivity contribution in [2.45, 2.75) is 0 Å². The molecule has 0 aliphatic heterocycles. The van der Waals surface area contributed by atoms with Gasteiger partial charge in [-0.3, -0.25) is 0 Å². The third-order valence-corrected chi connectivity index (χ3v) is 23.0. The van der Waals surface area contributed by atoms with Gasteiger partial charge in [-0.15, -0.1) is 22.7 Å². The topological polar surface area (TPSA) is 77.3 Å². The van der Waals surface area contributed by atoms with E-state index in [0.717, 1.165) is 147 Å². The molecule has 16 aromatic carbocycles. The first-order chi connectivity index (χ1) is 54.4. The van der Waals surface area contributed by atoms with Gasteiger partial charge in [-0.1, -0.05) is 309 Å². The van der Waals surface area contributed by atoms with E-state index in [2.05, 4.69) is 370 Å². The van der Waals surface area contributed by atoms with Crippen LogP contribution in [0.3, 0.4) is 0 Å². The lowest BCUT2D eigenvalue weighted by molar-refractivity contribution is 1.08. The Bertz CT molecular complexity index is 6880. The first kappa shape index (κ1) is 65.5. The molecule has 0 aliphatic rings. The van der Waals surface area contributed by atoms with Crippen LogP contribution in [0.5, 0.6) is 0 Å². The number of fused-ring (bicyclic) bond motifs is 6. The molecule has 0 aliphatic carbocycles. The molecule has 514 valence electrons. The van der Waals surface area contributed by atoms with E-state index in [9.17, 15) is 0 Å². The smallest absolute Gasteiger partial charge is 0.164 e. The van der Waals surface area contributed by atoms with Gasteiger partial charge >= 0.3 is 0 Å². The molecule has 20 aromatic rings. The molecule has 0 saturated heterocycles. The Morgan fingerprint density at radius 2 is 0.391 bits per heavy atom. The summed E-state index contributed by atoms with van der Waals surface area (Å²) in [4.78, 5) is 33.1. The summed E-state index contributed by atoms with van der Waals surface area (Å²) < 4.78 is 4.59. The summed E-state index contributed by atoms with van der Waals surface area (Å²) in [6, 6.07) is 138. The fraction of sp³-hybridized carbons (Fsp3) is 0. The Morgan fingerprint density at radius 3 is 0.800 bits per heavy atom. The maximum Gasteiger partial charge on any atom is 0.164 e. The van der Waals surface area contributed by atoms with Gasteiger partial charge in [0.15, 0.2) is 34.9 Å². The number of hydrogen-bond donors (Lipinski definition) is 0. The average molecular weight is 1440 g/mol. The molecule has 0 N–H and O–H groups in total. The summed E-state index contributed by atoms with van der Waals surface area (Å²) in [6.07, 6.45) is 0. The highest BCUT2D eigenvalue weighted by atomic mass is 32.1. The molecule has 0 atom stereocenters.